The highest BCUT2D eigenvalue weighted by Gasteiger charge is 2.02. The molecule has 0 aliphatic rings. The molecule has 0 fully saturated rings. The normalized spacial score (nSPS) is 11.3. The first kappa shape index (κ1) is 12.0. The van der Waals surface area contributed by atoms with E-state index in [9.17, 15) is 0 Å². The number of pyridine rings is 2. The fraction of sp³-hybridized carbons (Fsp3) is 0.154. The van der Waals surface area contributed by atoms with E-state index in [1.165, 1.54) is 0 Å². The first-order valence-corrected chi connectivity index (χ1v) is 5.56. The minimum absolute atomic E-state index is 0.657. The zero-order valence-corrected chi connectivity index (χ0v) is 10.0. The lowest BCUT2D eigenvalue weighted by Crippen LogP contribution is -1.98. The van der Waals surface area contributed by atoms with Crippen molar-refractivity contribution in [3.8, 4) is 11.4 Å². The highest BCUT2D eigenvalue weighted by molar-refractivity contribution is 5.84. The molecular weight excluding hydrogens is 226 g/mol. The van der Waals surface area contributed by atoms with Crippen molar-refractivity contribution in [2.45, 2.75) is 13.3 Å². The third-order valence-electron chi connectivity index (χ3n) is 2.43. The summed E-state index contributed by atoms with van der Waals surface area (Å²) in [6, 6.07) is 9.63. The van der Waals surface area contributed by atoms with Crippen molar-refractivity contribution in [1.82, 2.24) is 9.97 Å². The van der Waals surface area contributed by atoms with Crippen LogP contribution in [0.1, 0.15) is 12.5 Å². The zero-order valence-electron chi connectivity index (χ0n) is 10.0. The van der Waals surface area contributed by atoms with Crippen LogP contribution >= 0.6 is 0 Å². The topological polar surface area (TPSA) is 74.3 Å². The summed E-state index contributed by atoms with van der Waals surface area (Å²) in [6.45, 7) is 1.85. The van der Waals surface area contributed by atoms with E-state index in [0.717, 1.165) is 22.7 Å². The quantitative estimate of drug-likeness (QED) is 0.505. The Morgan fingerprint density at radius 1 is 1.17 bits per heavy atom. The summed E-state index contributed by atoms with van der Waals surface area (Å²) < 4.78 is 0. The smallest absolute Gasteiger partial charge is 0.0888 e. The second-order valence-corrected chi connectivity index (χ2v) is 3.88. The fourth-order valence-corrected chi connectivity index (χ4v) is 1.65. The molecule has 0 saturated heterocycles. The highest BCUT2D eigenvalue weighted by Crippen LogP contribution is 2.15. The van der Waals surface area contributed by atoms with Crippen molar-refractivity contribution in [1.29, 1.82) is 5.53 Å². The van der Waals surface area contributed by atoms with Crippen LogP contribution in [0, 0.1) is 5.53 Å². The predicted molar refractivity (Wildman–Crippen MR) is 69.4 cm³/mol. The Morgan fingerprint density at radius 3 is 2.72 bits per heavy atom. The molecule has 0 unspecified atom stereocenters. The molecule has 2 aromatic rings. The van der Waals surface area contributed by atoms with Crippen LogP contribution in [-0.4, -0.2) is 15.7 Å². The van der Waals surface area contributed by atoms with Crippen LogP contribution in [0.2, 0.25) is 0 Å². The monoisotopic (exact) mass is 239 g/mol. The Balaban J connectivity index is 2.26. The minimum atomic E-state index is 0.657. The standard InChI is InChI=1S/C13H13N5/c1-10(17-18-14)8-11-5-7-16-13(9-11)12-4-2-3-6-15-12/h2-7,9,14H,8H2,1H3/b17-10+,18-14?. The Kier molecular flexibility index (Phi) is 3.86. The van der Waals surface area contributed by atoms with Gasteiger partial charge in [0.15, 0.2) is 0 Å². The summed E-state index contributed by atoms with van der Waals surface area (Å²) >= 11 is 0. The van der Waals surface area contributed by atoms with Crippen molar-refractivity contribution < 1.29 is 0 Å². The molecule has 0 aliphatic carbocycles. The molecule has 0 amide bonds. The van der Waals surface area contributed by atoms with Crippen LogP contribution in [0.25, 0.3) is 11.4 Å². The summed E-state index contributed by atoms with van der Waals surface area (Å²) in [7, 11) is 0. The molecule has 1 N–H and O–H groups in total. The van der Waals surface area contributed by atoms with Gasteiger partial charge in [-0.15, -0.1) is 5.10 Å². The molecule has 0 aromatic carbocycles. The van der Waals surface area contributed by atoms with Gasteiger partial charge in [0.2, 0.25) is 0 Å². The van der Waals surface area contributed by atoms with E-state index in [1.54, 1.807) is 12.4 Å². The van der Waals surface area contributed by atoms with Gasteiger partial charge in [0.05, 0.1) is 11.4 Å². The average Bonchev–Trinajstić information content (AvgIpc) is 2.40. The van der Waals surface area contributed by atoms with Crippen LogP contribution in [-0.2, 0) is 6.42 Å². The van der Waals surface area contributed by atoms with E-state index in [1.807, 2.05) is 37.3 Å². The largest absolute Gasteiger partial charge is 0.255 e. The lowest BCUT2D eigenvalue weighted by Gasteiger charge is -2.03. The van der Waals surface area contributed by atoms with E-state index in [-0.39, 0.29) is 0 Å². The van der Waals surface area contributed by atoms with Gasteiger partial charge in [0.1, 0.15) is 0 Å². The van der Waals surface area contributed by atoms with Gasteiger partial charge < -0.3 is 0 Å². The van der Waals surface area contributed by atoms with Crippen LogP contribution in [0.4, 0.5) is 0 Å². The molecule has 5 heteroatoms. The summed E-state index contributed by atoms with van der Waals surface area (Å²) in [5.74, 6) is 0. The summed E-state index contributed by atoms with van der Waals surface area (Å²) in [5, 5.41) is 6.72. The molecule has 18 heavy (non-hydrogen) atoms. The van der Waals surface area contributed by atoms with Crippen LogP contribution in [0.15, 0.2) is 53.1 Å². The Bertz CT molecular complexity index is 563. The molecule has 0 radical (unpaired) electrons. The molecule has 2 rings (SSSR count). The maximum absolute atomic E-state index is 6.69. The van der Waals surface area contributed by atoms with E-state index in [2.05, 4.69) is 20.3 Å². The van der Waals surface area contributed by atoms with Gasteiger partial charge in [0, 0.05) is 24.5 Å². The molecule has 2 heterocycles. The van der Waals surface area contributed by atoms with Gasteiger partial charge in [-0.2, -0.15) is 5.53 Å². The van der Waals surface area contributed by atoms with E-state index < -0.39 is 0 Å². The summed E-state index contributed by atoms with van der Waals surface area (Å²) in [6.07, 6.45) is 4.16. The number of nitrogens with one attached hydrogen (secondary N) is 1. The SMILES string of the molecule is C/C(Cc1ccnc(-c2ccccn2)c1)=N\N=N. The second kappa shape index (κ2) is 5.77. The summed E-state index contributed by atoms with van der Waals surface area (Å²) in [4.78, 5) is 8.56. The first-order chi connectivity index (χ1) is 8.79. The van der Waals surface area contributed by atoms with Crippen molar-refractivity contribution in [3.05, 3.63) is 48.3 Å². The second-order valence-electron chi connectivity index (χ2n) is 3.88. The maximum atomic E-state index is 6.69. The van der Waals surface area contributed by atoms with E-state index in [0.29, 0.717) is 6.42 Å². The van der Waals surface area contributed by atoms with Gasteiger partial charge in [-0.25, -0.2) is 0 Å². The first-order valence-electron chi connectivity index (χ1n) is 5.56. The molecule has 0 atom stereocenters. The molecule has 0 spiro atoms. The van der Waals surface area contributed by atoms with Crippen molar-refractivity contribution in [2.24, 2.45) is 10.3 Å². The van der Waals surface area contributed by atoms with Crippen LogP contribution < -0.4 is 0 Å². The zero-order chi connectivity index (χ0) is 12.8. The maximum Gasteiger partial charge on any atom is 0.0888 e. The minimum Gasteiger partial charge on any atom is -0.255 e. The van der Waals surface area contributed by atoms with Crippen molar-refractivity contribution in [2.75, 3.05) is 0 Å². The van der Waals surface area contributed by atoms with Gasteiger partial charge >= 0.3 is 0 Å². The number of hydrogen-bond donors (Lipinski definition) is 1. The number of aromatic nitrogens is 2. The van der Waals surface area contributed by atoms with Crippen molar-refractivity contribution >= 4 is 5.71 Å². The van der Waals surface area contributed by atoms with Gasteiger partial charge in [-0.3, -0.25) is 9.97 Å². The van der Waals surface area contributed by atoms with Gasteiger partial charge in [0.25, 0.3) is 0 Å². The van der Waals surface area contributed by atoms with E-state index >= 15 is 0 Å². The molecule has 5 nitrogen and oxygen atoms in total. The fourth-order valence-electron chi connectivity index (χ4n) is 1.65. The third-order valence-corrected chi connectivity index (χ3v) is 2.43. The van der Waals surface area contributed by atoms with E-state index in [4.69, 9.17) is 5.53 Å². The molecule has 90 valence electrons. The summed E-state index contributed by atoms with van der Waals surface area (Å²) in [5.41, 5.74) is 10.2. The molecule has 0 bridgehead atoms. The molecule has 0 saturated carbocycles. The lowest BCUT2D eigenvalue weighted by molar-refractivity contribution is 0.978. The highest BCUT2D eigenvalue weighted by atomic mass is 15.3. The Labute approximate surface area is 105 Å². The Hall–Kier alpha value is -2.43. The predicted octanol–water partition coefficient (Wildman–Crippen LogP) is 3.09. The number of nitrogens with zero attached hydrogens (tertiary/aromatic N) is 4. The van der Waals surface area contributed by atoms with Gasteiger partial charge in [-0.1, -0.05) is 11.3 Å². The molecule has 0 aliphatic heterocycles. The number of rotatable bonds is 4. The Morgan fingerprint density at radius 2 is 2.00 bits per heavy atom. The number of hydrogen-bond acceptors (Lipinski definition) is 4. The van der Waals surface area contributed by atoms with Crippen molar-refractivity contribution in [3.63, 3.8) is 0 Å². The van der Waals surface area contributed by atoms with Gasteiger partial charge in [-0.05, 0) is 36.8 Å². The van der Waals surface area contributed by atoms with Crippen LogP contribution in [0.5, 0.6) is 0 Å². The molecule has 2 aromatic heterocycles. The molecular formula is C13H13N5. The lowest BCUT2D eigenvalue weighted by atomic mass is 10.1. The van der Waals surface area contributed by atoms with Crippen LogP contribution in [0.3, 0.4) is 0 Å². The average molecular weight is 239 g/mol. The third kappa shape index (κ3) is 3.04.